The third-order valence-corrected chi connectivity index (χ3v) is 3.68. The zero-order chi connectivity index (χ0) is 12.4. The van der Waals surface area contributed by atoms with Crippen LogP contribution in [0.3, 0.4) is 0 Å². The highest BCUT2D eigenvalue weighted by molar-refractivity contribution is 5.88. The van der Waals surface area contributed by atoms with Crippen LogP contribution in [-0.4, -0.2) is 22.1 Å². The van der Waals surface area contributed by atoms with Gasteiger partial charge in [0, 0.05) is 17.5 Å². The van der Waals surface area contributed by atoms with Gasteiger partial charge in [-0.1, -0.05) is 25.0 Å². The van der Waals surface area contributed by atoms with E-state index < -0.39 is 0 Å². The second-order valence-electron chi connectivity index (χ2n) is 4.94. The molecule has 1 heterocycles. The SMILES string of the molecule is NC1CCCCC1Nc1ncnc2ccccc12. The Morgan fingerprint density at radius 2 is 1.94 bits per heavy atom. The van der Waals surface area contributed by atoms with Crippen LogP contribution in [0.2, 0.25) is 0 Å². The predicted octanol–water partition coefficient (Wildman–Crippen LogP) is 2.31. The summed E-state index contributed by atoms with van der Waals surface area (Å²) < 4.78 is 0. The maximum absolute atomic E-state index is 6.16. The average molecular weight is 242 g/mol. The number of nitrogens with one attached hydrogen (secondary N) is 1. The Kier molecular flexibility index (Phi) is 3.11. The summed E-state index contributed by atoms with van der Waals surface area (Å²) in [4.78, 5) is 8.63. The average Bonchev–Trinajstić information content (AvgIpc) is 2.42. The minimum atomic E-state index is 0.229. The molecule has 2 unspecified atom stereocenters. The molecule has 3 rings (SSSR count). The Labute approximate surface area is 107 Å². The molecule has 1 fully saturated rings. The largest absolute Gasteiger partial charge is 0.365 e. The molecule has 0 amide bonds. The Balaban J connectivity index is 1.90. The van der Waals surface area contributed by atoms with Crippen LogP contribution in [0.1, 0.15) is 25.7 Å². The van der Waals surface area contributed by atoms with Gasteiger partial charge in [0.25, 0.3) is 0 Å². The van der Waals surface area contributed by atoms with Crippen LogP contribution >= 0.6 is 0 Å². The van der Waals surface area contributed by atoms with Crippen LogP contribution in [0.4, 0.5) is 5.82 Å². The first kappa shape index (κ1) is 11.4. The molecule has 1 aromatic heterocycles. The molecule has 3 N–H and O–H groups in total. The van der Waals surface area contributed by atoms with E-state index in [1.165, 1.54) is 12.8 Å². The fourth-order valence-electron chi connectivity index (χ4n) is 2.63. The van der Waals surface area contributed by atoms with Crippen LogP contribution in [0.25, 0.3) is 10.9 Å². The minimum Gasteiger partial charge on any atom is -0.365 e. The first-order valence-corrected chi connectivity index (χ1v) is 6.56. The van der Waals surface area contributed by atoms with Crippen molar-refractivity contribution in [3.63, 3.8) is 0 Å². The van der Waals surface area contributed by atoms with Crippen molar-refractivity contribution in [2.75, 3.05) is 5.32 Å². The van der Waals surface area contributed by atoms with Gasteiger partial charge in [0.1, 0.15) is 12.1 Å². The second kappa shape index (κ2) is 4.90. The lowest BCUT2D eigenvalue weighted by atomic mass is 9.91. The van der Waals surface area contributed by atoms with Crippen molar-refractivity contribution < 1.29 is 0 Å². The Morgan fingerprint density at radius 1 is 1.11 bits per heavy atom. The first-order valence-electron chi connectivity index (χ1n) is 6.56. The number of para-hydroxylation sites is 1. The van der Waals surface area contributed by atoms with Crippen LogP contribution in [0, 0.1) is 0 Å². The fourth-order valence-corrected chi connectivity index (χ4v) is 2.63. The summed E-state index contributed by atoms with van der Waals surface area (Å²) >= 11 is 0. The van der Waals surface area contributed by atoms with E-state index in [1.807, 2.05) is 24.3 Å². The molecule has 2 aromatic rings. The van der Waals surface area contributed by atoms with E-state index in [0.29, 0.717) is 6.04 Å². The van der Waals surface area contributed by atoms with Crippen molar-refractivity contribution in [1.29, 1.82) is 0 Å². The van der Waals surface area contributed by atoms with Gasteiger partial charge in [-0.3, -0.25) is 0 Å². The molecule has 0 aliphatic heterocycles. The third-order valence-electron chi connectivity index (χ3n) is 3.68. The lowest BCUT2D eigenvalue weighted by Gasteiger charge is -2.29. The van der Waals surface area contributed by atoms with Gasteiger partial charge < -0.3 is 11.1 Å². The van der Waals surface area contributed by atoms with Gasteiger partial charge in [-0.05, 0) is 25.0 Å². The van der Waals surface area contributed by atoms with E-state index in [0.717, 1.165) is 29.6 Å². The quantitative estimate of drug-likeness (QED) is 0.848. The molecule has 0 saturated heterocycles. The highest BCUT2D eigenvalue weighted by atomic mass is 15.1. The topological polar surface area (TPSA) is 63.8 Å². The molecule has 1 aromatic carbocycles. The normalized spacial score (nSPS) is 24.1. The monoisotopic (exact) mass is 242 g/mol. The van der Waals surface area contributed by atoms with Gasteiger partial charge in [-0.25, -0.2) is 9.97 Å². The molecule has 1 aliphatic rings. The van der Waals surface area contributed by atoms with Crippen molar-refractivity contribution in [2.24, 2.45) is 5.73 Å². The lowest BCUT2D eigenvalue weighted by molar-refractivity contribution is 0.403. The maximum atomic E-state index is 6.16. The van der Waals surface area contributed by atoms with E-state index in [2.05, 4.69) is 15.3 Å². The second-order valence-corrected chi connectivity index (χ2v) is 4.94. The van der Waals surface area contributed by atoms with Crippen LogP contribution in [-0.2, 0) is 0 Å². The van der Waals surface area contributed by atoms with Gasteiger partial charge in [0.15, 0.2) is 0 Å². The van der Waals surface area contributed by atoms with E-state index in [9.17, 15) is 0 Å². The molecule has 0 spiro atoms. The van der Waals surface area contributed by atoms with Gasteiger partial charge >= 0.3 is 0 Å². The van der Waals surface area contributed by atoms with Crippen molar-refractivity contribution in [2.45, 2.75) is 37.8 Å². The molecule has 0 bridgehead atoms. The number of rotatable bonds is 2. The predicted molar refractivity (Wildman–Crippen MR) is 73.4 cm³/mol. The summed E-state index contributed by atoms with van der Waals surface area (Å²) in [6, 6.07) is 8.61. The number of hydrogen-bond donors (Lipinski definition) is 2. The van der Waals surface area contributed by atoms with Crippen LogP contribution in [0.15, 0.2) is 30.6 Å². The molecule has 4 heteroatoms. The Bertz CT molecular complexity index is 535. The number of aromatic nitrogens is 2. The highest BCUT2D eigenvalue weighted by Gasteiger charge is 2.22. The minimum absolute atomic E-state index is 0.229. The number of benzene rings is 1. The molecule has 2 atom stereocenters. The molecule has 1 saturated carbocycles. The molecule has 4 nitrogen and oxygen atoms in total. The van der Waals surface area contributed by atoms with Gasteiger partial charge in [0.05, 0.1) is 5.52 Å². The highest BCUT2D eigenvalue weighted by Crippen LogP contribution is 2.24. The van der Waals surface area contributed by atoms with Crippen molar-refractivity contribution >= 4 is 16.7 Å². The number of nitrogens with two attached hydrogens (primary N) is 1. The van der Waals surface area contributed by atoms with E-state index >= 15 is 0 Å². The van der Waals surface area contributed by atoms with Gasteiger partial charge in [-0.2, -0.15) is 0 Å². The van der Waals surface area contributed by atoms with Gasteiger partial charge in [0.2, 0.25) is 0 Å². The summed E-state index contributed by atoms with van der Waals surface area (Å²) in [5.74, 6) is 0.906. The molecular weight excluding hydrogens is 224 g/mol. The fraction of sp³-hybridized carbons (Fsp3) is 0.429. The third kappa shape index (κ3) is 2.16. The standard InChI is InChI=1S/C14H18N4/c15-11-6-2-4-8-13(11)18-14-10-5-1-3-7-12(10)16-9-17-14/h1,3,5,7,9,11,13H,2,4,6,8,15H2,(H,16,17,18). The lowest BCUT2D eigenvalue weighted by Crippen LogP contribution is -2.42. The number of fused-ring (bicyclic) bond motifs is 1. The summed E-state index contributed by atoms with van der Waals surface area (Å²) in [6.45, 7) is 0. The first-order chi connectivity index (χ1) is 8.84. The van der Waals surface area contributed by atoms with E-state index in [4.69, 9.17) is 5.73 Å². The summed E-state index contributed by atoms with van der Waals surface area (Å²) in [7, 11) is 0. The number of anilines is 1. The van der Waals surface area contributed by atoms with Gasteiger partial charge in [-0.15, -0.1) is 0 Å². The summed E-state index contributed by atoms with van der Waals surface area (Å²) in [6.07, 6.45) is 6.32. The zero-order valence-corrected chi connectivity index (χ0v) is 10.3. The smallest absolute Gasteiger partial charge is 0.137 e. The van der Waals surface area contributed by atoms with Crippen LogP contribution in [0.5, 0.6) is 0 Å². The van der Waals surface area contributed by atoms with Crippen molar-refractivity contribution in [3.05, 3.63) is 30.6 Å². The number of hydrogen-bond acceptors (Lipinski definition) is 4. The van der Waals surface area contributed by atoms with Crippen molar-refractivity contribution in [3.8, 4) is 0 Å². The van der Waals surface area contributed by atoms with E-state index in [-0.39, 0.29) is 6.04 Å². The Morgan fingerprint density at radius 3 is 2.83 bits per heavy atom. The molecule has 1 aliphatic carbocycles. The Hall–Kier alpha value is -1.68. The summed E-state index contributed by atoms with van der Waals surface area (Å²) in [5, 5.41) is 4.56. The molecular formula is C14H18N4. The molecule has 0 radical (unpaired) electrons. The van der Waals surface area contributed by atoms with Crippen LogP contribution < -0.4 is 11.1 Å². The summed E-state index contributed by atoms with van der Waals surface area (Å²) in [5.41, 5.74) is 7.14. The van der Waals surface area contributed by atoms with E-state index in [1.54, 1.807) is 6.33 Å². The zero-order valence-electron chi connectivity index (χ0n) is 10.3. The number of nitrogens with zero attached hydrogens (tertiary/aromatic N) is 2. The maximum Gasteiger partial charge on any atom is 0.137 e. The molecule has 18 heavy (non-hydrogen) atoms. The van der Waals surface area contributed by atoms with Crippen molar-refractivity contribution in [1.82, 2.24) is 9.97 Å². The molecule has 94 valence electrons.